The molecule has 0 unspecified atom stereocenters. The molecule has 1 aliphatic rings. The highest BCUT2D eigenvalue weighted by molar-refractivity contribution is 7.84. The second-order valence-corrected chi connectivity index (χ2v) is 8.58. The van der Waals surface area contributed by atoms with Crippen LogP contribution >= 0.6 is 11.3 Å². The average molecular weight is 433 g/mol. The number of aliphatic carboxylic acids is 1. The van der Waals surface area contributed by atoms with E-state index in [2.05, 4.69) is 22.0 Å². The molecule has 2 heterocycles. The van der Waals surface area contributed by atoms with Gasteiger partial charge < -0.3 is 19.8 Å². The highest BCUT2D eigenvalue weighted by Crippen LogP contribution is 2.24. The summed E-state index contributed by atoms with van der Waals surface area (Å²) in [5.41, 5.74) is 4.38. The average Bonchev–Trinajstić information content (AvgIpc) is 2.97. The van der Waals surface area contributed by atoms with E-state index in [0.29, 0.717) is 10.8 Å². The van der Waals surface area contributed by atoms with Crippen molar-refractivity contribution in [3.63, 3.8) is 0 Å². The molecule has 0 saturated carbocycles. The fraction of sp³-hybridized carbons (Fsp3) is 0.429. The Balaban J connectivity index is 2.26. The monoisotopic (exact) mass is 433 g/mol. The summed E-state index contributed by atoms with van der Waals surface area (Å²) in [4.78, 5) is 31.1. The van der Waals surface area contributed by atoms with Crippen LogP contribution in [-0.2, 0) is 24.7 Å². The second kappa shape index (κ2) is 7.37. The van der Waals surface area contributed by atoms with E-state index in [-0.39, 0.29) is 15.7 Å². The summed E-state index contributed by atoms with van der Waals surface area (Å²) >= 11 is 1.14. The number of nitrogens with zero attached hydrogens (tertiary/aromatic N) is 2. The Morgan fingerprint density at radius 3 is 2.61 bits per heavy atom. The predicted molar refractivity (Wildman–Crippen MR) is 96.7 cm³/mol. The molecule has 28 heavy (non-hydrogen) atoms. The van der Waals surface area contributed by atoms with Gasteiger partial charge in [-0.05, 0) is 20.8 Å². The quantitative estimate of drug-likeness (QED) is 0.197. The number of carbonyl (C=O) groups is 2. The Hall–Kier alpha value is -2.71. The van der Waals surface area contributed by atoms with E-state index in [0.717, 1.165) is 11.3 Å². The number of nitrogens with two attached hydrogens (primary N) is 1. The van der Waals surface area contributed by atoms with Gasteiger partial charge >= 0.3 is 11.1 Å². The van der Waals surface area contributed by atoms with Gasteiger partial charge in [-0.15, -0.1) is 0 Å². The van der Waals surface area contributed by atoms with E-state index >= 15 is 0 Å². The molecule has 0 bridgehead atoms. The van der Waals surface area contributed by atoms with Crippen molar-refractivity contribution in [2.24, 2.45) is 5.16 Å². The predicted octanol–water partition coefficient (Wildman–Crippen LogP) is -1.11. The summed E-state index contributed by atoms with van der Waals surface area (Å²) in [6.07, 6.45) is 0. The van der Waals surface area contributed by atoms with Gasteiger partial charge in [0, 0.05) is 5.38 Å². The molecule has 2 atom stereocenters. The van der Waals surface area contributed by atoms with Crippen LogP contribution in [0.2, 0.25) is 0 Å². The van der Waals surface area contributed by atoms with Gasteiger partial charge in [-0.25, -0.2) is 22.5 Å². The molecule has 1 fully saturated rings. The number of oxime groups is 1. The van der Waals surface area contributed by atoms with Gasteiger partial charge in [0.15, 0.2) is 21.7 Å². The molecule has 1 amide bonds. The molecule has 1 aliphatic heterocycles. The number of nitrogens with one attached hydrogen (secondary N) is 2. The van der Waals surface area contributed by atoms with Crippen molar-refractivity contribution < 1.29 is 37.5 Å². The number of H-pyrrole nitrogens is 1. The largest absolute Gasteiger partial charge is 0.731 e. The smallest absolute Gasteiger partial charge is 0.350 e. The van der Waals surface area contributed by atoms with Crippen LogP contribution in [0.4, 0.5) is 5.13 Å². The molecule has 0 radical (unpaired) electrons. The van der Waals surface area contributed by atoms with E-state index in [4.69, 9.17) is 15.7 Å². The second-order valence-electron chi connectivity index (χ2n) is 6.42. The molecule has 1 aromatic heterocycles. The first-order chi connectivity index (χ1) is 12.8. The Morgan fingerprint density at radius 1 is 1.57 bits per heavy atom. The third-order valence-electron chi connectivity index (χ3n) is 3.89. The van der Waals surface area contributed by atoms with Crippen molar-refractivity contribution in [3.05, 3.63) is 23.3 Å². The number of anilines is 1. The molecule has 1 aromatic rings. The van der Waals surface area contributed by atoms with Gasteiger partial charge in [-0.2, -0.15) is 0 Å². The van der Waals surface area contributed by atoms with E-state index < -0.39 is 39.9 Å². The molecule has 0 spiro atoms. The van der Waals surface area contributed by atoms with Crippen LogP contribution in [0.5, 0.6) is 0 Å². The lowest BCUT2D eigenvalue weighted by molar-refractivity contribution is -0.356. The van der Waals surface area contributed by atoms with Crippen LogP contribution in [0.15, 0.2) is 22.8 Å². The molecule has 154 valence electrons. The first-order valence-electron chi connectivity index (χ1n) is 7.77. The first kappa shape index (κ1) is 21.6. The Morgan fingerprint density at radius 2 is 2.18 bits per heavy atom. The number of aromatic nitrogens is 1. The third kappa shape index (κ3) is 4.23. The Bertz CT molecular complexity index is 953. The van der Waals surface area contributed by atoms with Crippen molar-refractivity contribution in [1.82, 2.24) is 9.62 Å². The van der Waals surface area contributed by atoms with Crippen molar-refractivity contribution in [2.45, 2.75) is 38.5 Å². The number of β-lactam (4-membered cyclic amide) rings is 1. The Kier molecular flexibility index (Phi) is 5.68. The van der Waals surface area contributed by atoms with Crippen LogP contribution in [0.3, 0.4) is 0 Å². The van der Waals surface area contributed by atoms with Crippen molar-refractivity contribution in [3.8, 4) is 0 Å². The summed E-state index contributed by atoms with van der Waals surface area (Å²) in [6.45, 7) is 7.68. The maximum Gasteiger partial charge on any atom is 0.350 e. The zero-order chi connectivity index (χ0) is 21.4. The standard InChI is InChI=1S/C14H19N5O7S2/c1-6(16-10-7(2)19(11(10)20)28(23,24)25)9(8-5-27-13(15)17-8)18-26-14(3,4)12(21)22/h5,7,10,16H,1H2,2-4H3,(H2,15,17)(H,21,22)(H,23,24,25)/b18-9+/t7-,10-/m0/s1. The van der Waals surface area contributed by atoms with E-state index in [1.165, 1.54) is 20.8 Å². The number of carboxylic acid groups (broad SMARTS) is 1. The highest BCUT2D eigenvalue weighted by atomic mass is 32.2. The molecule has 0 aromatic carbocycles. The first-order valence-corrected chi connectivity index (χ1v) is 10.0. The molecule has 12 nitrogen and oxygen atoms in total. The number of carbonyl (C=O) groups excluding carboxylic acids is 1. The van der Waals surface area contributed by atoms with Gasteiger partial charge in [0.1, 0.15) is 6.04 Å². The minimum atomic E-state index is -4.92. The molecule has 5 N–H and O–H groups in total. The summed E-state index contributed by atoms with van der Waals surface area (Å²) in [5, 5.41) is 17.5. The summed E-state index contributed by atoms with van der Waals surface area (Å²) in [5.74, 6) is -2.20. The number of rotatable bonds is 8. The lowest BCUT2D eigenvalue weighted by atomic mass is 10.00. The van der Waals surface area contributed by atoms with Gasteiger partial charge in [0.05, 0.1) is 11.7 Å². The fourth-order valence-electron chi connectivity index (χ4n) is 2.24. The topological polar surface area (TPSA) is 189 Å². The minimum absolute atomic E-state index is 0.0192. The number of carboxylic acids is 1. The van der Waals surface area contributed by atoms with Crippen molar-refractivity contribution in [1.29, 1.82) is 0 Å². The number of allylic oxidation sites excluding steroid dienone is 1. The molecular formula is C14H19N5O7S2. The number of amides is 1. The Labute approximate surface area is 164 Å². The summed E-state index contributed by atoms with van der Waals surface area (Å²) < 4.78 is 33.5. The molecule has 14 heteroatoms. The maximum atomic E-state index is 12.0. The normalized spacial score (nSPS) is 20.5. The number of aromatic amines is 1. The van der Waals surface area contributed by atoms with Gasteiger partial charge in [0.2, 0.25) is 5.60 Å². The highest BCUT2D eigenvalue weighted by Gasteiger charge is 2.48. The lowest BCUT2D eigenvalue weighted by Gasteiger charge is -2.46. The molecular weight excluding hydrogens is 414 g/mol. The van der Waals surface area contributed by atoms with E-state index in [9.17, 15) is 22.6 Å². The summed E-state index contributed by atoms with van der Waals surface area (Å²) in [7, 11) is -4.92. The number of nitrogen functional groups attached to an aromatic ring is 1. The van der Waals surface area contributed by atoms with Crippen LogP contribution in [-0.4, -0.2) is 57.7 Å². The van der Waals surface area contributed by atoms with Gasteiger partial charge in [-0.1, -0.05) is 23.1 Å². The fourth-order valence-corrected chi connectivity index (χ4v) is 3.69. The molecule has 0 aliphatic carbocycles. The number of thiazole rings is 1. The van der Waals surface area contributed by atoms with E-state index in [1.54, 1.807) is 5.38 Å². The van der Waals surface area contributed by atoms with Gasteiger partial charge in [0.25, 0.3) is 5.91 Å². The SMILES string of the molecule is C=C(N[C@@H]1C(=O)N(S(=O)(=O)[O-])[C@H]1C)/C(=N\OC(C)(C)C(=O)O)c1csc(N)[nH+]1. The van der Waals surface area contributed by atoms with Crippen molar-refractivity contribution in [2.75, 3.05) is 5.73 Å². The molecule has 2 rings (SSSR count). The van der Waals surface area contributed by atoms with Crippen LogP contribution in [0, 0.1) is 0 Å². The number of hydrogen-bond donors (Lipinski definition) is 3. The maximum absolute atomic E-state index is 12.0. The van der Waals surface area contributed by atoms with Crippen LogP contribution in [0.1, 0.15) is 26.5 Å². The number of hydrogen-bond acceptors (Lipinski definition) is 10. The minimum Gasteiger partial charge on any atom is -0.731 e. The van der Waals surface area contributed by atoms with Crippen molar-refractivity contribution >= 4 is 44.4 Å². The van der Waals surface area contributed by atoms with Crippen LogP contribution in [0.25, 0.3) is 0 Å². The van der Waals surface area contributed by atoms with Crippen LogP contribution < -0.4 is 16.0 Å². The lowest BCUT2D eigenvalue weighted by Crippen LogP contribution is -2.70. The van der Waals surface area contributed by atoms with E-state index in [1.807, 2.05) is 0 Å². The summed E-state index contributed by atoms with van der Waals surface area (Å²) in [6, 6.07) is -1.98. The molecule has 1 saturated heterocycles. The third-order valence-corrected chi connectivity index (χ3v) is 5.59. The zero-order valence-electron chi connectivity index (χ0n) is 15.1. The van der Waals surface area contributed by atoms with Gasteiger partial charge in [-0.3, -0.25) is 10.5 Å². The zero-order valence-corrected chi connectivity index (χ0v) is 16.8.